The van der Waals surface area contributed by atoms with Gasteiger partial charge in [0.15, 0.2) is 0 Å². The number of esters is 1. The predicted molar refractivity (Wildman–Crippen MR) is 65.2 cm³/mol. The summed E-state index contributed by atoms with van der Waals surface area (Å²) < 4.78 is 10.5. The summed E-state index contributed by atoms with van der Waals surface area (Å²) in [5.74, 6) is 0.645. The second kappa shape index (κ2) is 4.78. The van der Waals surface area contributed by atoms with Gasteiger partial charge in [-0.2, -0.15) is 0 Å². The van der Waals surface area contributed by atoms with Crippen molar-refractivity contribution in [2.24, 2.45) is 5.92 Å². The maximum absolute atomic E-state index is 11.9. The molecule has 1 unspecified atom stereocenters. The van der Waals surface area contributed by atoms with Crippen molar-refractivity contribution in [3.05, 3.63) is 29.3 Å². The highest BCUT2D eigenvalue weighted by molar-refractivity contribution is 5.79. The highest BCUT2D eigenvalue weighted by Crippen LogP contribution is 2.37. The molecule has 3 heteroatoms. The fraction of sp³-hybridized carbons (Fsp3) is 0.500. The average Bonchev–Trinajstić information content (AvgIpc) is 2.77. The number of fused-ring (bicyclic) bond motifs is 1. The van der Waals surface area contributed by atoms with Crippen LogP contribution in [0.25, 0.3) is 0 Å². The normalized spacial score (nSPS) is 15.3. The van der Waals surface area contributed by atoms with Crippen molar-refractivity contribution in [3.8, 4) is 5.75 Å². The third-order valence-corrected chi connectivity index (χ3v) is 3.20. The van der Waals surface area contributed by atoms with Crippen molar-refractivity contribution in [3.63, 3.8) is 0 Å². The second-order valence-electron chi connectivity index (χ2n) is 4.68. The summed E-state index contributed by atoms with van der Waals surface area (Å²) in [7, 11) is 1.43. The lowest BCUT2D eigenvalue weighted by Crippen LogP contribution is -2.20. The van der Waals surface area contributed by atoms with E-state index in [1.165, 1.54) is 12.7 Å². The zero-order chi connectivity index (χ0) is 12.4. The van der Waals surface area contributed by atoms with Crippen LogP contribution >= 0.6 is 0 Å². The zero-order valence-electron chi connectivity index (χ0n) is 10.5. The van der Waals surface area contributed by atoms with E-state index < -0.39 is 0 Å². The van der Waals surface area contributed by atoms with Gasteiger partial charge in [-0.05, 0) is 11.5 Å². The van der Waals surface area contributed by atoms with Gasteiger partial charge in [0.2, 0.25) is 0 Å². The van der Waals surface area contributed by atoms with Gasteiger partial charge in [-0.1, -0.05) is 32.0 Å². The van der Waals surface area contributed by atoms with E-state index in [1.807, 2.05) is 26.0 Å². The number of hydrogen-bond acceptors (Lipinski definition) is 3. The summed E-state index contributed by atoms with van der Waals surface area (Å²) in [6, 6.07) is 6.01. The van der Waals surface area contributed by atoms with E-state index in [0.717, 1.165) is 17.7 Å². The highest BCUT2D eigenvalue weighted by Gasteiger charge is 2.30. The summed E-state index contributed by atoms with van der Waals surface area (Å²) in [5, 5.41) is 0. The molecule has 17 heavy (non-hydrogen) atoms. The topological polar surface area (TPSA) is 35.5 Å². The number of hydrogen-bond donors (Lipinski definition) is 0. The van der Waals surface area contributed by atoms with Crippen molar-refractivity contribution in [1.82, 2.24) is 0 Å². The van der Waals surface area contributed by atoms with Crippen molar-refractivity contribution in [2.75, 3.05) is 13.7 Å². The fourth-order valence-electron chi connectivity index (χ4n) is 2.37. The van der Waals surface area contributed by atoms with Crippen molar-refractivity contribution >= 4 is 5.97 Å². The number of carbonyl (C=O) groups excluding carboxylic acids is 1. The van der Waals surface area contributed by atoms with Crippen LogP contribution in [0.1, 0.15) is 30.9 Å². The molecule has 0 aliphatic carbocycles. The molecule has 0 spiro atoms. The van der Waals surface area contributed by atoms with Gasteiger partial charge in [0, 0.05) is 12.0 Å². The third kappa shape index (κ3) is 2.14. The van der Waals surface area contributed by atoms with Crippen molar-refractivity contribution < 1.29 is 14.3 Å². The molecule has 0 saturated carbocycles. The van der Waals surface area contributed by atoms with E-state index in [1.54, 1.807) is 0 Å². The predicted octanol–water partition coefficient (Wildman–Crippen LogP) is 2.53. The third-order valence-electron chi connectivity index (χ3n) is 3.20. The Hall–Kier alpha value is -1.51. The molecule has 3 nitrogen and oxygen atoms in total. The van der Waals surface area contributed by atoms with E-state index in [2.05, 4.69) is 6.07 Å². The number of ether oxygens (including phenoxy) is 2. The van der Waals surface area contributed by atoms with Gasteiger partial charge in [-0.3, -0.25) is 4.79 Å². The number of methoxy groups -OCH3 is 1. The van der Waals surface area contributed by atoms with E-state index in [9.17, 15) is 4.79 Å². The molecule has 1 aliphatic heterocycles. The number of carbonyl (C=O) groups is 1. The van der Waals surface area contributed by atoms with Crippen LogP contribution in [0.5, 0.6) is 5.75 Å². The van der Waals surface area contributed by atoms with Gasteiger partial charge < -0.3 is 9.47 Å². The summed E-state index contributed by atoms with van der Waals surface area (Å²) in [4.78, 5) is 11.9. The maximum atomic E-state index is 11.9. The Kier molecular flexibility index (Phi) is 3.36. The SMILES string of the molecule is COC(=O)C(c1cccc2c1OCC2)C(C)C. The highest BCUT2D eigenvalue weighted by atomic mass is 16.5. The van der Waals surface area contributed by atoms with Crippen LogP contribution in [0.4, 0.5) is 0 Å². The molecular formula is C14H18O3. The van der Waals surface area contributed by atoms with E-state index in [0.29, 0.717) is 6.61 Å². The molecule has 0 aromatic heterocycles. The summed E-state index contributed by atoms with van der Waals surface area (Å²) in [6.07, 6.45) is 0.926. The monoisotopic (exact) mass is 234 g/mol. The van der Waals surface area contributed by atoms with Crippen LogP contribution in [-0.2, 0) is 16.0 Å². The molecule has 0 fully saturated rings. The Morgan fingerprint density at radius 3 is 2.82 bits per heavy atom. The first kappa shape index (κ1) is 12.0. The van der Waals surface area contributed by atoms with Gasteiger partial charge in [-0.25, -0.2) is 0 Å². The lowest BCUT2D eigenvalue weighted by Gasteiger charge is -2.20. The van der Waals surface area contributed by atoms with Gasteiger partial charge in [0.1, 0.15) is 5.75 Å². The maximum Gasteiger partial charge on any atom is 0.313 e. The van der Waals surface area contributed by atoms with Crippen LogP contribution in [0.3, 0.4) is 0 Å². The minimum Gasteiger partial charge on any atom is -0.493 e. The average molecular weight is 234 g/mol. The molecule has 0 bridgehead atoms. The lowest BCUT2D eigenvalue weighted by atomic mass is 9.87. The number of rotatable bonds is 3. The molecule has 92 valence electrons. The molecule has 0 amide bonds. The van der Waals surface area contributed by atoms with E-state index >= 15 is 0 Å². The van der Waals surface area contributed by atoms with Crippen molar-refractivity contribution in [1.29, 1.82) is 0 Å². The minimum atomic E-state index is -0.243. The standard InChI is InChI=1S/C14H18O3/c1-9(2)12(14(15)16-3)11-6-4-5-10-7-8-17-13(10)11/h4-6,9,12H,7-8H2,1-3H3. The molecular weight excluding hydrogens is 216 g/mol. The zero-order valence-corrected chi connectivity index (χ0v) is 10.5. The first-order valence-corrected chi connectivity index (χ1v) is 5.97. The molecule has 1 heterocycles. The van der Waals surface area contributed by atoms with Crippen LogP contribution in [-0.4, -0.2) is 19.7 Å². The molecule has 1 atom stereocenters. The van der Waals surface area contributed by atoms with Crippen molar-refractivity contribution in [2.45, 2.75) is 26.2 Å². The van der Waals surface area contributed by atoms with E-state index in [4.69, 9.17) is 9.47 Å². The molecule has 0 radical (unpaired) electrons. The Bertz CT molecular complexity index is 423. The fourth-order valence-corrected chi connectivity index (χ4v) is 2.37. The number of para-hydroxylation sites is 1. The van der Waals surface area contributed by atoms with Gasteiger partial charge in [0.25, 0.3) is 0 Å². The molecule has 1 aliphatic rings. The van der Waals surface area contributed by atoms with E-state index in [-0.39, 0.29) is 17.8 Å². The molecule has 0 saturated heterocycles. The summed E-state index contributed by atoms with van der Waals surface area (Å²) in [5.41, 5.74) is 2.15. The lowest BCUT2D eigenvalue weighted by molar-refractivity contribution is -0.143. The molecule has 1 aromatic carbocycles. The molecule has 0 N–H and O–H groups in total. The van der Waals surface area contributed by atoms with Gasteiger partial charge >= 0.3 is 5.97 Å². The Morgan fingerprint density at radius 1 is 1.41 bits per heavy atom. The summed E-state index contributed by atoms with van der Waals surface area (Å²) >= 11 is 0. The Morgan fingerprint density at radius 2 is 2.18 bits per heavy atom. The first-order chi connectivity index (χ1) is 8.15. The summed E-state index contributed by atoms with van der Waals surface area (Å²) in [6.45, 7) is 4.75. The Labute approximate surface area is 102 Å². The largest absolute Gasteiger partial charge is 0.493 e. The number of benzene rings is 1. The second-order valence-corrected chi connectivity index (χ2v) is 4.68. The van der Waals surface area contributed by atoms with Gasteiger partial charge in [-0.15, -0.1) is 0 Å². The molecule has 1 aromatic rings. The van der Waals surface area contributed by atoms with Crippen LogP contribution in [0.15, 0.2) is 18.2 Å². The minimum absolute atomic E-state index is 0.191. The first-order valence-electron chi connectivity index (χ1n) is 5.97. The van der Waals surface area contributed by atoms with Crippen LogP contribution in [0, 0.1) is 5.92 Å². The van der Waals surface area contributed by atoms with Crippen LogP contribution in [0.2, 0.25) is 0 Å². The van der Waals surface area contributed by atoms with Crippen LogP contribution < -0.4 is 4.74 Å². The smallest absolute Gasteiger partial charge is 0.313 e. The Balaban J connectivity index is 2.43. The quantitative estimate of drug-likeness (QED) is 0.754. The van der Waals surface area contributed by atoms with Gasteiger partial charge in [0.05, 0.1) is 19.6 Å². The molecule has 2 rings (SSSR count).